The van der Waals surface area contributed by atoms with Crippen molar-refractivity contribution in [2.45, 2.75) is 125 Å². The van der Waals surface area contributed by atoms with Gasteiger partial charge in [0.25, 0.3) is 0 Å². The summed E-state index contributed by atoms with van der Waals surface area (Å²) >= 11 is 0. The quantitative estimate of drug-likeness (QED) is 0.102. The molecule has 0 spiro atoms. The molecule has 1 N–H and O–H groups in total. The molecule has 10 nitrogen and oxygen atoms in total. The first-order chi connectivity index (χ1) is 23.3. The topological polar surface area (TPSA) is 146 Å². The van der Waals surface area contributed by atoms with Crippen LogP contribution >= 0.6 is 0 Å². The van der Waals surface area contributed by atoms with E-state index in [2.05, 4.69) is 41.5 Å². The molecule has 0 saturated carbocycles. The Morgan fingerprint density at radius 3 is 1.71 bits per heavy atom. The highest BCUT2D eigenvalue weighted by atomic mass is 28.4. The van der Waals surface area contributed by atoms with Gasteiger partial charge in [0.05, 0.1) is 28.1 Å². The van der Waals surface area contributed by atoms with Crippen LogP contribution < -0.4 is 14.9 Å². The molecule has 3 aromatic rings. The Hall–Kier alpha value is -3.93. The zero-order valence-corrected chi connectivity index (χ0v) is 33.3. The van der Waals surface area contributed by atoms with Gasteiger partial charge in [-0.3, -0.25) is 24.0 Å². The standard InChI is InChI=1S/C40H52O10Si/c1-20(2)51(21(3)4,22(5)6)50-23(7)40(14,46)29-19-26(41)32-28(48-37(45)39(11,12)13)18-25-31(35(32)49-29)34(43)30-24(33(25)42)16-15-17-27(30)47-36(44)38(8,9)10/h15-23,46H,1-14H3/t23-,40+/m1/s1. The maximum absolute atomic E-state index is 14.5. The second-order valence-corrected chi connectivity index (χ2v) is 22.2. The van der Waals surface area contributed by atoms with Crippen molar-refractivity contribution in [1.82, 2.24) is 0 Å². The van der Waals surface area contributed by atoms with Gasteiger partial charge in [0, 0.05) is 17.2 Å². The van der Waals surface area contributed by atoms with Crippen molar-refractivity contribution in [3.05, 3.63) is 68.6 Å². The van der Waals surface area contributed by atoms with Gasteiger partial charge in [0.1, 0.15) is 28.2 Å². The van der Waals surface area contributed by atoms with E-state index < -0.39 is 59.8 Å². The number of hydrogen-bond donors (Lipinski definition) is 1. The number of hydrogen-bond acceptors (Lipinski definition) is 10. The zero-order valence-electron chi connectivity index (χ0n) is 32.3. The third-order valence-electron chi connectivity index (χ3n) is 9.94. The third-order valence-corrected chi connectivity index (χ3v) is 16.1. The van der Waals surface area contributed by atoms with Gasteiger partial charge in [0.15, 0.2) is 16.8 Å². The van der Waals surface area contributed by atoms with Gasteiger partial charge in [0.2, 0.25) is 14.1 Å². The van der Waals surface area contributed by atoms with E-state index in [1.54, 1.807) is 48.5 Å². The smallest absolute Gasteiger partial charge is 0.316 e. The van der Waals surface area contributed by atoms with Crippen LogP contribution in [-0.4, -0.2) is 43.0 Å². The molecular formula is C40H52O10Si. The summed E-state index contributed by atoms with van der Waals surface area (Å²) in [5, 5.41) is 11.9. The molecule has 4 rings (SSSR count). The lowest BCUT2D eigenvalue weighted by atomic mass is 9.82. The molecule has 1 aromatic heterocycles. The van der Waals surface area contributed by atoms with E-state index in [1.807, 2.05) is 0 Å². The molecule has 2 atom stereocenters. The van der Waals surface area contributed by atoms with Crippen LogP contribution in [0.2, 0.25) is 16.6 Å². The van der Waals surface area contributed by atoms with Gasteiger partial charge in [-0.05, 0) is 84.1 Å². The molecule has 276 valence electrons. The van der Waals surface area contributed by atoms with E-state index in [0.717, 1.165) is 6.07 Å². The average Bonchev–Trinajstić information content (AvgIpc) is 3.00. The van der Waals surface area contributed by atoms with Crippen LogP contribution in [0.5, 0.6) is 11.5 Å². The highest BCUT2D eigenvalue weighted by molar-refractivity contribution is 6.77. The lowest BCUT2D eigenvalue weighted by molar-refractivity contribution is -0.143. The molecule has 2 aromatic carbocycles. The molecule has 51 heavy (non-hydrogen) atoms. The monoisotopic (exact) mass is 720 g/mol. The number of aliphatic hydroxyl groups is 1. The summed E-state index contributed by atoms with van der Waals surface area (Å²) in [4.78, 5) is 68.9. The van der Waals surface area contributed by atoms with E-state index in [1.165, 1.54) is 31.2 Å². The Labute approximate surface area is 301 Å². The summed E-state index contributed by atoms with van der Waals surface area (Å²) in [5.74, 6) is -3.29. The van der Waals surface area contributed by atoms with E-state index in [9.17, 15) is 29.1 Å². The van der Waals surface area contributed by atoms with Crippen LogP contribution in [0.25, 0.3) is 11.0 Å². The second-order valence-electron chi connectivity index (χ2n) is 16.8. The van der Waals surface area contributed by atoms with E-state index >= 15 is 0 Å². The summed E-state index contributed by atoms with van der Waals surface area (Å²) in [6.07, 6.45) is -0.865. The molecule has 1 aliphatic rings. The van der Waals surface area contributed by atoms with Crippen molar-refractivity contribution in [2.24, 2.45) is 10.8 Å². The first-order valence-corrected chi connectivity index (χ1v) is 19.6. The Balaban J connectivity index is 2.03. The molecule has 0 aliphatic heterocycles. The van der Waals surface area contributed by atoms with Crippen molar-refractivity contribution in [1.29, 1.82) is 0 Å². The fraction of sp³-hybridized carbons (Fsp3) is 0.525. The zero-order chi connectivity index (χ0) is 38.8. The van der Waals surface area contributed by atoms with E-state index in [0.29, 0.717) is 0 Å². The highest BCUT2D eigenvalue weighted by Gasteiger charge is 2.49. The molecule has 0 unspecified atom stereocenters. The minimum Gasteiger partial charge on any atom is -0.457 e. The van der Waals surface area contributed by atoms with Crippen LogP contribution in [0.3, 0.4) is 0 Å². The predicted molar refractivity (Wildman–Crippen MR) is 197 cm³/mol. The van der Waals surface area contributed by atoms with Crippen LogP contribution in [-0.2, 0) is 19.6 Å². The van der Waals surface area contributed by atoms with Crippen molar-refractivity contribution < 1.29 is 42.6 Å². The SMILES string of the molecule is CC(C)[Si](O[C@H](C)[C@](C)(O)c1cc(=O)c2c(OC(=O)C(C)(C)C)cc3c(c2o1)C(=O)c1c(OC(=O)C(C)(C)C)cccc1C3=O)(C(C)C)C(C)C. The molecule has 0 saturated heterocycles. The van der Waals surface area contributed by atoms with Crippen molar-refractivity contribution in [3.63, 3.8) is 0 Å². The minimum absolute atomic E-state index is 0.0379. The molecule has 0 amide bonds. The molecular weight excluding hydrogens is 669 g/mol. The Bertz CT molecular complexity index is 1950. The van der Waals surface area contributed by atoms with Gasteiger partial charge in [-0.2, -0.15) is 0 Å². The number of ether oxygens (including phenoxy) is 2. The number of esters is 2. The number of carbonyl (C=O) groups is 4. The molecule has 11 heteroatoms. The maximum atomic E-state index is 14.5. The van der Waals surface area contributed by atoms with Gasteiger partial charge in [-0.15, -0.1) is 0 Å². The summed E-state index contributed by atoms with van der Waals surface area (Å²) in [6.45, 7) is 25.8. The third kappa shape index (κ3) is 7.00. The molecule has 1 aliphatic carbocycles. The first kappa shape index (κ1) is 39.8. The van der Waals surface area contributed by atoms with Crippen LogP contribution in [0, 0.1) is 10.8 Å². The number of carbonyl (C=O) groups excluding carboxylic acids is 4. The minimum atomic E-state index is -2.54. The predicted octanol–water partition coefficient (Wildman–Crippen LogP) is 8.26. The summed E-state index contributed by atoms with van der Waals surface area (Å²) in [6, 6.07) is 6.65. The fourth-order valence-corrected chi connectivity index (χ4v) is 12.5. The largest absolute Gasteiger partial charge is 0.457 e. The second kappa shape index (κ2) is 13.6. The number of benzene rings is 2. The number of rotatable bonds is 9. The summed E-state index contributed by atoms with van der Waals surface area (Å²) in [7, 11) is -2.54. The number of ketones is 2. The fourth-order valence-electron chi connectivity index (χ4n) is 6.88. The highest BCUT2D eigenvalue weighted by Crippen LogP contribution is 2.46. The van der Waals surface area contributed by atoms with Gasteiger partial charge in [-0.25, -0.2) is 0 Å². The Morgan fingerprint density at radius 2 is 1.22 bits per heavy atom. The first-order valence-electron chi connectivity index (χ1n) is 17.5. The Morgan fingerprint density at radius 1 is 0.706 bits per heavy atom. The molecule has 0 fully saturated rings. The average molecular weight is 721 g/mol. The van der Waals surface area contributed by atoms with Crippen molar-refractivity contribution in [2.75, 3.05) is 0 Å². The Kier molecular flexibility index (Phi) is 10.6. The van der Waals surface area contributed by atoms with Gasteiger partial charge < -0.3 is 23.4 Å². The molecule has 1 heterocycles. The van der Waals surface area contributed by atoms with Crippen LogP contribution in [0.15, 0.2) is 39.5 Å². The van der Waals surface area contributed by atoms with Crippen molar-refractivity contribution in [3.8, 4) is 11.5 Å². The van der Waals surface area contributed by atoms with E-state index in [4.69, 9.17) is 18.3 Å². The van der Waals surface area contributed by atoms with Gasteiger partial charge >= 0.3 is 11.9 Å². The number of fused-ring (bicyclic) bond motifs is 4. The lowest BCUT2D eigenvalue weighted by Gasteiger charge is -2.46. The van der Waals surface area contributed by atoms with Gasteiger partial charge in [-0.1, -0.05) is 53.7 Å². The van der Waals surface area contributed by atoms with E-state index in [-0.39, 0.29) is 67.1 Å². The maximum Gasteiger partial charge on any atom is 0.316 e. The normalized spacial score (nSPS) is 15.6. The lowest BCUT2D eigenvalue weighted by Crippen LogP contribution is -2.53. The van der Waals surface area contributed by atoms with Crippen LogP contribution in [0.4, 0.5) is 0 Å². The summed E-state index contributed by atoms with van der Waals surface area (Å²) in [5.41, 5.74) is -4.95. The summed E-state index contributed by atoms with van der Waals surface area (Å²) < 4.78 is 24.6. The molecule has 0 radical (unpaired) electrons. The molecule has 0 bridgehead atoms. The van der Waals surface area contributed by atoms with Crippen molar-refractivity contribution >= 4 is 42.8 Å². The van der Waals surface area contributed by atoms with Crippen LogP contribution in [0.1, 0.15) is 135 Å².